The quantitative estimate of drug-likeness (QED) is 0.529. The first-order valence-corrected chi connectivity index (χ1v) is 12.4. The highest BCUT2D eigenvalue weighted by molar-refractivity contribution is 7.89. The van der Waals surface area contributed by atoms with Gasteiger partial charge in [0.1, 0.15) is 4.90 Å². The van der Waals surface area contributed by atoms with Gasteiger partial charge in [0.25, 0.3) is 5.91 Å². The standard InChI is InChI=1S/C23H25ClN4O3S/c1-3-28(4-2)32(30,31)21-14-16(11-12-19(21)24)23(29)25-17-8-5-7-15(13-17)22-18-9-6-10-20(18)26-27-22/h5,7-8,11-14H,3-4,6,9-10H2,1-2H3,(H,25,29)(H,26,27). The highest BCUT2D eigenvalue weighted by Gasteiger charge is 2.26. The molecular formula is C23H25ClN4O3S. The number of aromatic amines is 1. The maximum atomic E-state index is 12.9. The number of carbonyl (C=O) groups is 1. The van der Waals surface area contributed by atoms with Crippen LogP contribution in [-0.4, -0.2) is 41.9 Å². The number of halogens is 1. The van der Waals surface area contributed by atoms with Gasteiger partial charge in [-0.1, -0.05) is 37.6 Å². The molecule has 0 saturated carbocycles. The molecule has 7 nitrogen and oxygen atoms in total. The fourth-order valence-electron chi connectivity index (χ4n) is 4.05. The van der Waals surface area contributed by atoms with E-state index in [0.717, 1.165) is 30.5 Å². The van der Waals surface area contributed by atoms with Crippen molar-refractivity contribution >= 4 is 33.2 Å². The van der Waals surface area contributed by atoms with Crippen molar-refractivity contribution in [3.63, 3.8) is 0 Å². The maximum absolute atomic E-state index is 12.9. The molecular weight excluding hydrogens is 448 g/mol. The van der Waals surface area contributed by atoms with Crippen LogP contribution in [0.25, 0.3) is 11.3 Å². The third-order valence-electron chi connectivity index (χ3n) is 5.72. The predicted octanol–water partition coefficient (Wildman–Crippen LogP) is 4.50. The van der Waals surface area contributed by atoms with Crippen molar-refractivity contribution in [3.05, 3.63) is 64.3 Å². The van der Waals surface area contributed by atoms with Gasteiger partial charge in [0, 0.05) is 41.2 Å². The molecule has 0 bridgehead atoms. The molecule has 2 aromatic carbocycles. The van der Waals surface area contributed by atoms with E-state index in [-0.39, 0.29) is 15.5 Å². The first kappa shape index (κ1) is 22.5. The molecule has 1 heterocycles. The SMILES string of the molecule is CCN(CC)S(=O)(=O)c1cc(C(=O)Nc2cccc(-c3n[nH]c4c3CCC4)c2)ccc1Cl. The number of anilines is 1. The number of hydrogen-bond acceptors (Lipinski definition) is 4. The third kappa shape index (κ3) is 4.18. The third-order valence-corrected chi connectivity index (χ3v) is 8.25. The van der Waals surface area contributed by atoms with E-state index in [2.05, 4.69) is 15.5 Å². The molecule has 0 atom stereocenters. The molecule has 0 fully saturated rings. The molecule has 0 unspecified atom stereocenters. The number of rotatable bonds is 7. The van der Waals surface area contributed by atoms with Crippen LogP contribution in [0.4, 0.5) is 5.69 Å². The van der Waals surface area contributed by atoms with Gasteiger partial charge in [-0.3, -0.25) is 9.89 Å². The summed E-state index contributed by atoms with van der Waals surface area (Å²) in [4.78, 5) is 12.8. The molecule has 9 heteroatoms. The van der Waals surface area contributed by atoms with Gasteiger partial charge >= 0.3 is 0 Å². The average Bonchev–Trinajstić information content (AvgIpc) is 3.38. The van der Waals surface area contributed by atoms with Crippen LogP contribution >= 0.6 is 11.6 Å². The van der Waals surface area contributed by atoms with Crippen LogP contribution in [0.2, 0.25) is 5.02 Å². The van der Waals surface area contributed by atoms with E-state index in [0.29, 0.717) is 18.8 Å². The van der Waals surface area contributed by atoms with Crippen molar-refractivity contribution in [1.82, 2.24) is 14.5 Å². The second-order valence-corrected chi connectivity index (χ2v) is 9.97. The first-order valence-electron chi connectivity index (χ1n) is 10.6. The number of benzene rings is 2. The van der Waals surface area contributed by atoms with Gasteiger partial charge in [-0.15, -0.1) is 0 Å². The minimum absolute atomic E-state index is 0.0728. The van der Waals surface area contributed by atoms with Crippen molar-refractivity contribution < 1.29 is 13.2 Å². The first-order chi connectivity index (χ1) is 15.3. The molecule has 1 aliphatic rings. The van der Waals surface area contributed by atoms with Crippen molar-refractivity contribution in [3.8, 4) is 11.3 Å². The fourth-order valence-corrected chi connectivity index (χ4v) is 6.01. The van der Waals surface area contributed by atoms with Crippen LogP contribution in [0.1, 0.15) is 41.9 Å². The van der Waals surface area contributed by atoms with Crippen LogP contribution in [0.3, 0.4) is 0 Å². The summed E-state index contributed by atoms with van der Waals surface area (Å²) in [6.45, 7) is 4.14. The van der Waals surface area contributed by atoms with E-state index in [4.69, 9.17) is 11.6 Å². The minimum atomic E-state index is -3.79. The van der Waals surface area contributed by atoms with Gasteiger partial charge < -0.3 is 5.32 Å². The van der Waals surface area contributed by atoms with Gasteiger partial charge in [-0.05, 0) is 49.6 Å². The van der Waals surface area contributed by atoms with Crippen molar-refractivity contribution in [2.75, 3.05) is 18.4 Å². The van der Waals surface area contributed by atoms with Crippen molar-refractivity contribution in [2.24, 2.45) is 0 Å². The Kier molecular flexibility index (Phi) is 6.37. The van der Waals surface area contributed by atoms with Gasteiger partial charge in [-0.2, -0.15) is 9.40 Å². The molecule has 0 aliphatic heterocycles. The highest BCUT2D eigenvalue weighted by Crippen LogP contribution is 2.31. The summed E-state index contributed by atoms with van der Waals surface area (Å²) in [5, 5.41) is 10.5. The summed E-state index contributed by atoms with van der Waals surface area (Å²) in [5.41, 5.74) is 5.06. The second kappa shape index (κ2) is 9.05. The number of fused-ring (bicyclic) bond motifs is 1. The van der Waals surface area contributed by atoms with E-state index in [1.165, 1.54) is 33.8 Å². The molecule has 2 N–H and O–H groups in total. The molecule has 1 aromatic heterocycles. The summed E-state index contributed by atoms with van der Waals surface area (Å²) in [6.07, 6.45) is 3.11. The van der Waals surface area contributed by atoms with E-state index in [1.54, 1.807) is 19.9 Å². The topological polar surface area (TPSA) is 95.2 Å². The zero-order chi connectivity index (χ0) is 22.9. The number of aromatic nitrogens is 2. The smallest absolute Gasteiger partial charge is 0.255 e. The van der Waals surface area contributed by atoms with E-state index in [9.17, 15) is 13.2 Å². The number of aryl methyl sites for hydroxylation is 1. The van der Waals surface area contributed by atoms with Crippen LogP contribution in [0.15, 0.2) is 47.4 Å². The lowest BCUT2D eigenvalue weighted by molar-refractivity contribution is 0.102. The van der Waals surface area contributed by atoms with Crippen LogP contribution in [0, 0.1) is 0 Å². The van der Waals surface area contributed by atoms with E-state index >= 15 is 0 Å². The molecule has 0 spiro atoms. The van der Waals surface area contributed by atoms with Gasteiger partial charge in [0.15, 0.2) is 0 Å². The number of hydrogen-bond donors (Lipinski definition) is 2. The zero-order valence-electron chi connectivity index (χ0n) is 18.0. The number of H-pyrrole nitrogens is 1. The summed E-state index contributed by atoms with van der Waals surface area (Å²) in [7, 11) is -3.79. The van der Waals surface area contributed by atoms with Crippen LogP contribution in [0.5, 0.6) is 0 Å². The fraction of sp³-hybridized carbons (Fsp3) is 0.304. The Hall–Kier alpha value is -2.68. The van der Waals surface area contributed by atoms with Gasteiger partial charge in [0.2, 0.25) is 10.0 Å². The Bertz CT molecular complexity index is 1270. The highest BCUT2D eigenvalue weighted by atomic mass is 35.5. The Balaban J connectivity index is 1.60. The summed E-state index contributed by atoms with van der Waals surface area (Å²) >= 11 is 6.18. The summed E-state index contributed by atoms with van der Waals surface area (Å²) in [5.74, 6) is -0.415. The van der Waals surface area contributed by atoms with Gasteiger partial charge in [0.05, 0.1) is 10.7 Å². The van der Waals surface area contributed by atoms with Crippen LogP contribution < -0.4 is 5.32 Å². The van der Waals surface area contributed by atoms with Gasteiger partial charge in [-0.25, -0.2) is 8.42 Å². The number of nitrogens with one attached hydrogen (secondary N) is 2. The molecule has 168 valence electrons. The predicted molar refractivity (Wildman–Crippen MR) is 126 cm³/mol. The average molecular weight is 473 g/mol. The Morgan fingerprint density at radius 3 is 2.69 bits per heavy atom. The normalized spacial score (nSPS) is 13.4. The lowest BCUT2D eigenvalue weighted by atomic mass is 10.1. The Labute approximate surface area is 192 Å². The molecule has 3 aromatic rings. The molecule has 0 saturated heterocycles. The maximum Gasteiger partial charge on any atom is 0.255 e. The monoisotopic (exact) mass is 472 g/mol. The lowest BCUT2D eigenvalue weighted by Gasteiger charge is -2.19. The van der Waals surface area contributed by atoms with E-state index in [1.807, 2.05) is 18.2 Å². The second-order valence-electron chi connectivity index (χ2n) is 7.65. The Morgan fingerprint density at radius 1 is 1.16 bits per heavy atom. The van der Waals surface area contributed by atoms with Crippen LogP contribution in [-0.2, 0) is 22.9 Å². The molecule has 1 aliphatic carbocycles. The lowest BCUT2D eigenvalue weighted by Crippen LogP contribution is -2.31. The summed E-state index contributed by atoms with van der Waals surface area (Å²) in [6, 6.07) is 11.8. The molecule has 32 heavy (non-hydrogen) atoms. The molecule has 0 radical (unpaired) electrons. The molecule has 1 amide bonds. The Morgan fingerprint density at radius 2 is 1.94 bits per heavy atom. The number of nitrogens with zero attached hydrogens (tertiary/aromatic N) is 2. The minimum Gasteiger partial charge on any atom is -0.322 e. The van der Waals surface area contributed by atoms with Crippen molar-refractivity contribution in [2.45, 2.75) is 38.0 Å². The summed E-state index contributed by atoms with van der Waals surface area (Å²) < 4.78 is 27.1. The number of sulfonamides is 1. The zero-order valence-corrected chi connectivity index (χ0v) is 19.6. The van der Waals surface area contributed by atoms with Crippen molar-refractivity contribution in [1.29, 1.82) is 0 Å². The molecule has 4 rings (SSSR count). The van der Waals surface area contributed by atoms with E-state index < -0.39 is 15.9 Å². The number of amides is 1. The largest absolute Gasteiger partial charge is 0.322 e. The number of carbonyl (C=O) groups excluding carboxylic acids is 1.